The summed E-state index contributed by atoms with van der Waals surface area (Å²) in [4.78, 5) is 13.4. The van der Waals surface area contributed by atoms with Crippen molar-refractivity contribution in [3.63, 3.8) is 0 Å². The molecule has 0 radical (unpaired) electrons. The minimum absolute atomic E-state index is 0.102. The van der Waals surface area contributed by atoms with Gasteiger partial charge >= 0.3 is 0 Å². The predicted molar refractivity (Wildman–Crippen MR) is 84.7 cm³/mol. The van der Waals surface area contributed by atoms with Crippen LogP contribution in [0.1, 0.15) is 44.4 Å². The number of amides is 1. The highest BCUT2D eigenvalue weighted by molar-refractivity contribution is 7.87. The number of hydrogen-bond acceptors (Lipinski definition) is 4. The van der Waals surface area contributed by atoms with E-state index in [4.69, 9.17) is 4.42 Å². The third kappa shape index (κ3) is 3.59. The number of nitrogens with one attached hydrogen (secondary N) is 1. The second kappa shape index (κ2) is 6.62. The van der Waals surface area contributed by atoms with Gasteiger partial charge in [-0.1, -0.05) is 0 Å². The highest BCUT2D eigenvalue weighted by Crippen LogP contribution is 2.34. The lowest BCUT2D eigenvalue weighted by Crippen LogP contribution is -2.48. The summed E-state index contributed by atoms with van der Waals surface area (Å²) in [7, 11) is -3.61. The topological polar surface area (TPSA) is 82.9 Å². The molecule has 2 aliphatic rings. The van der Waals surface area contributed by atoms with E-state index in [-0.39, 0.29) is 18.0 Å². The fourth-order valence-corrected chi connectivity index (χ4v) is 5.01. The average molecular weight is 341 g/mol. The molecule has 0 bridgehead atoms. The lowest BCUT2D eigenvalue weighted by Gasteiger charge is -2.27. The Hall–Kier alpha value is -1.38. The van der Waals surface area contributed by atoms with Crippen molar-refractivity contribution in [2.45, 2.75) is 44.7 Å². The van der Waals surface area contributed by atoms with E-state index in [2.05, 4.69) is 4.72 Å². The van der Waals surface area contributed by atoms with Crippen LogP contribution < -0.4 is 4.72 Å². The first-order chi connectivity index (χ1) is 11.0. The Bertz CT molecular complexity index is 644. The third-order valence-corrected chi connectivity index (χ3v) is 6.15. The molecule has 3 rings (SSSR count). The molecule has 2 saturated heterocycles. The van der Waals surface area contributed by atoms with Gasteiger partial charge < -0.3 is 9.32 Å². The van der Waals surface area contributed by atoms with Gasteiger partial charge in [-0.3, -0.25) is 4.79 Å². The Labute approximate surface area is 136 Å². The molecule has 0 aliphatic carbocycles. The lowest BCUT2D eigenvalue weighted by molar-refractivity contribution is -0.127. The predicted octanol–water partition coefficient (Wildman–Crippen LogP) is 1.26. The van der Waals surface area contributed by atoms with Crippen LogP contribution in [0.3, 0.4) is 0 Å². The minimum Gasteiger partial charge on any atom is -0.468 e. The largest absolute Gasteiger partial charge is 0.468 e. The van der Waals surface area contributed by atoms with Gasteiger partial charge in [-0.05, 0) is 38.3 Å². The van der Waals surface area contributed by atoms with Crippen LogP contribution in [0.25, 0.3) is 0 Å². The van der Waals surface area contributed by atoms with Crippen molar-refractivity contribution in [3.05, 3.63) is 24.2 Å². The van der Waals surface area contributed by atoms with Gasteiger partial charge in [0.05, 0.1) is 12.3 Å². The molecule has 1 aromatic heterocycles. The smallest absolute Gasteiger partial charge is 0.280 e. The van der Waals surface area contributed by atoms with E-state index < -0.39 is 10.2 Å². The van der Waals surface area contributed by atoms with Crippen molar-refractivity contribution >= 4 is 16.1 Å². The standard InChI is InChI=1S/C15H23N3O4S/c1-12(11-17-8-3-7-15(17)19)16-23(20,21)18-9-2-5-13(18)14-6-4-10-22-14/h4,6,10,12-13,16H,2-3,5,7-9,11H2,1H3/t12-,13+/m0/s1. The minimum atomic E-state index is -3.61. The van der Waals surface area contributed by atoms with Crippen LogP contribution in [-0.2, 0) is 15.0 Å². The first-order valence-electron chi connectivity index (χ1n) is 8.07. The van der Waals surface area contributed by atoms with E-state index in [0.29, 0.717) is 31.8 Å². The molecule has 2 aliphatic heterocycles. The summed E-state index contributed by atoms with van der Waals surface area (Å²) in [5.74, 6) is 0.779. The number of carbonyl (C=O) groups is 1. The Morgan fingerprint density at radius 2 is 2.22 bits per heavy atom. The van der Waals surface area contributed by atoms with Crippen LogP contribution in [0.5, 0.6) is 0 Å². The Morgan fingerprint density at radius 3 is 2.87 bits per heavy atom. The van der Waals surface area contributed by atoms with Gasteiger partial charge in [0.25, 0.3) is 10.2 Å². The monoisotopic (exact) mass is 341 g/mol. The van der Waals surface area contributed by atoms with Crippen LogP contribution in [0.4, 0.5) is 0 Å². The van der Waals surface area contributed by atoms with E-state index >= 15 is 0 Å². The maximum Gasteiger partial charge on any atom is 0.280 e. The van der Waals surface area contributed by atoms with E-state index in [9.17, 15) is 13.2 Å². The van der Waals surface area contributed by atoms with Gasteiger partial charge in [-0.2, -0.15) is 17.4 Å². The normalized spacial score (nSPS) is 24.5. The first kappa shape index (κ1) is 16.5. The van der Waals surface area contributed by atoms with E-state index in [0.717, 1.165) is 19.3 Å². The van der Waals surface area contributed by atoms with Crippen molar-refractivity contribution in [1.82, 2.24) is 13.9 Å². The van der Waals surface area contributed by atoms with Crippen molar-refractivity contribution in [2.75, 3.05) is 19.6 Å². The molecule has 3 heterocycles. The van der Waals surface area contributed by atoms with Crippen LogP contribution in [0.15, 0.2) is 22.8 Å². The number of nitrogens with zero attached hydrogens (tertiary/aromatic N) is 2. The van der Waals surface area contributed by atoms with Gasteiger partial charge in [0.1, 0.15) is 5.76 Å². The summed E-state index contributed by atoms with van der Waals surface area (Å²) < 4.78 is 34.9. The summed E-state index contributed by atoms with van der Waals surface area (Å²) in [6.45, 7) is 3.40. The molecule has 2 fully saturated rings. The second-order valence-corrected chi connectivity index (χ2v) is 7.91. The van der Waals surface area contributed by atoms with Gasteiger partial charge in [0, 0.05) is 32.1 Å². The number of likely N-dealkylation sites (tertiary alicyclic amines) is 1. The molecule has 1 aromatic rings. The SMILES string of the molecule is C[C@@H](CN1CCCC1=O)NS(=O)(=O)N1CCC[C@@H]1c1ccco1. The summed E-state index contributed by atoms with van der Waals surface area (Å²) in [5.41, 5.74) is 0. The molecule has 1 N–H and O–H groups in total. The summed E-state index contributed by atoms with van der Waals surface area (Å²) in [6.07, 6.45) is 4.54. The Balaban J connectivity index is 1.65. The number of rotatable bonds is 6. The molecule has 0 spiro atoms. The zero-order valence-corrected chi connectivity index (χ0v) is 14.1. The maximum absolute atomic E-state index is 12.7. The fourth-order valence-electron chi connectivity index (χ4n) is 3.38. The quantitative estimate of drug-likeness (QED) is 0.844. The highest BCUT2D eigenvalue weighted by atomic mass is 32.2. The average Bonchev–Trinajstić information content (AvgIpc) is 3.19. The van der Waals surface area contributed by atoms with E-state index in [1.165, 1.54) is 4.31 Å². The van der Waals surface area contributed by atoms with E-state index in [1.807, 2.05) is 6.07 Å². The Morgan fingerprint density at radius 1 is 1.39 bits per heavy atom. The van der Waals surface area contributed by atoms with Crippen molar-refractivity contribution in [1.29, 1.82) is 0 Å². The van der Waals surface area contributed by atoms with Crippen LogP contribution in [-0.4, -0.2) is 49.2 Å². The third-order valence-electron chi connectivity index (χ3n) is 4.40. The Kier molecular flexibility index (Phi) is 4.74. The molecule has 7 nitrogen and oxygen atoms in total. The lowest BCUT2D eigenvalue weighted by atomic mass is 10.2. The number of hydrogen-bond donors (Lipinski definition) is 1. The van der Waals surface area contributed by atoms with E-state index in [1.54, 1.807) is 24.2 Å². The fraction of sp³-hybridized carbons (Fsp3) is 0.667. The highest BCUT2D eigenvalue weighted by Gasteiger charge is 2.37. The molecule has 0 aromatic carbocycles. The molecule has 1 amide bonds. The van der Waals surface area contributed by atoms with Gasteiger partial charge in [-0.15, -0.1) is 0 Å². The summed E-state index contributed by atoms with van der Waals surface area (Å²) in [5, 5.41) is 0. The van der Waals surface area contributed by atoms with Crippen LogP contribution in [0.2, 0.25) is 0 Å². The molecular formula is C15H23N3O4S. The van der Waals surface area contributed by atoms with Crippen LogP contribution >= 0.6 is 0 Å². The number of furan rings is 1. The molecule has 0 unspecified atom stereocenters. The molecule has 0 saturated carbocycles. The summed E-state index contributed by atoms with van der Waals surface area (Å²) >= 11 is 0. The summed E-state index contributed by atoms with van der Waals surface area (Å²) in [6, 6.07) is 3.02. The van der Waals surface area contributed by atoms with Gasteiger partial charge in [0.2, 0.25) is 5.91 Å². The van der Waals surface area contributed by atoms with Crippen molar-refractivity contribution in [3.8, 4) is 0 Å². The molecular weight excluding hydrogens is 318 g/mol. The van der Waals surface area contributed by atoms with Crippen LogP contribution in [0, 0.1) is 0 Å². The van der Waals surface area contributed by atoms with Gasteiger partial charge in [0.15, 0.2) is 0 Å². The zero-order chi connectivity index (χ0) is 16.4. The molecule has 128 valence electrons. The zero-order valence-electron chi connectivity index (χ0n) is 13.3. The molecule has 2 atom stereocenters. The first-order valence-corrected chi connectivity index (χ1v) is 9.51. The van der Waals surface area contributed by atoms with Gasteiger partial charge in [-0.25, -0.2) is 0 Å². The molecule has 23 heavy (non-hydrogen) atoms. The van der Waals surface area contributed by atoms with Crippen molar-refractivity contribution in [2.24, 2.45) is 0 Å². The maximum atomic E-state index is 12.7. The molecule has 8 heteroatoms. The van der Waals surface area contributed by atoms with Crippen molar-refractivity contribution < 1.29 is 17.6 Å². The second-order valence-electron chi connectivity index (χ2n) is 6.25. The number of carbonyl (C=O) groups excluding carboxylic acids is 1.